The van der Waals surface area contributed by atoms with E-state index in [1.54, 1.807) is 0 Å². The van der Waals surface area contributed by atoms with Gasteiger partial charge >= 0.3 is 17.9 Å². The summed E-state index contributed by atoms with van der Waals surface area (Å²) in [6.45, 7) is 4.77. The fourth-order valence-corrected chi connectivity index (χ4v) is 7.74. The zero-order valence-corrected chi connectivity index (χ0v) is 39.7. The van der Waals surface area contributed by atoms with Gasteiger partial charge in [-0.2, -0.15) is 0 Å². The first-order valence-electron chi connectivity index (χ1n) is 25.2. The van der Waals surface area contributed by atoms with Crippen molar-refractivity contribution < 1.29 is 38.2 Å². The number of carboxylic acid groups (broad SMARTS) is 1. The van der Waals surface area contributed by atoms with E-state index in [2.05, 4.69) is 26.0 Å². The average molecular weight is 837 g/mol. The highest BCUT2D eigenvalue weighted by molar-refractivity contribution is 5.72. The number of esters is 2. The van der Waals surface area contributed by atoms with Gasteiger partial charge in [0, 0.05) is 19.3 Å². The Kier molecular flexibility index (Phi) is 41.3. The molecule has 1 N–H and O–H groups in total. The van der Waals surface area contributed by atoms with Gasteiger partial charge in [0.1, 0.15) is 6.61 Å². The number of aliphatic carboxylic acids is 1. The molecule has 348 valence electrons. The van der Waals surface area contributed by atoms with E-state index in [0.29, 0.717) is 19.3 Å². The Labute approximate surface area is 365 Å². The van der Waals surface area contributed by atoms with Crippen molar-refractivity contribution in [2.75, 3.05) is 41.0 Å². The fourth-order valence-electron chi connectivity index (χ4n) is 7.74. The number of carbonyl (C=O) groups is 3. The number of nitrogens with zero attached hydrogens (tertiary/aromatic N) is 1. The molecule has 0 aliphatic carbocycles. The van der Waals surface area contributed by atoms with Crippen molar-refractivity contribution in [3.8, 4) is 0 Å². The minimum atomic E-state index is -0.871. The van der Waals surface area contributed by atoms with Crippen LogP contribution in [-0.4, -0.2) is 80.6 Å². The maximum Gasteiger partial charge on any atom is 0.362 e. The van der Waals surface area contributed by atoms with Crippen LogP contribution in [0, 0.1) is 0 Å². The minimum absolute atomic E-state index is 0.0469. The molecule has 0 saturated heterocycles. The molecule has 8 nitrogen and oxygen atoms in total. The van der Waals surface area contributed by atoms with Crippen molar-refractivity contribution in [1.82, 2.24) is 0 Å². The van der Waals surface area contributed by atoms with E-state index in [9.17, 15) is 19.5 Å². The molecule has 0 aromatic rings. The summed E-state index contributed by atoms with van der Waals surface area (Å²) in [7, 11) is 5.54. The zero-order chi connectivity index (χ0) is 43.5. The lowest BCUT2D eigenvalue weighted by Gasteiger charge is -2.31. The Hall–Kier alpha value is -1.93. The Morgan fingerprint density at radius 1 is 0.492 bits per heavy atom. The lowest BCUT2D eigenvalue weighted by Crippen LogP contribution is -2.50. The number of carboxylic acids is 1. The quantitative estimate of drug-likeness (QED) is 0.0282. The van der Waals surface area contributed by atoms with Gasteiger partial charge in [-0.1, -0.05) is 199 Å². The molecule has 0 aliphatic heterocycles. The topological polar surface area (TPSA) is 99.1 Å². The average Bonchev–Trinajstić information content (AvgIpc) is 3.19. The number of rotatable bonds is 46. The smallest absolute Gasteiger partial charge is 0.362 e. The van der Waals surface area contributed by atoms with Crippen molar-refractivity contribution in [3.63, 3.8) is 0 Å². The van der Waals surface area contributed by atoms with Gasteiger partial charge in [-0.25, -0.2) is 4.79 Å². The first kappa shape index (κ1) is 57.1. The second-order valence-corrected chi connectivity index (χ2v) is 18.4. The summed E-state index contributed by atoms with van der Waals surface area (Å²) in [4.78, 5) is 37.1. The Balaban J connectivity index is 4.20. The summed E-state index contributed by atoms with van der Waals surface area (Å²) in [5, 5.41) is 9.64. The number of quaternary nitrogens is 1. The van der Waals surface area contributed by atoms with Gasteiger partial charge in [0.15, 0.2) is 12.1 Å². The fraction of sp³-hybridized carbons (Fsp3) is 0.902. The Bertz CT molecular complexity index is 978. The van der Waals surface area contributed by atoms with Crippen LogP contribution >= 0.6 is 0 Å². The highest BCUT2D eigenvalue weighted by Gasteiger charge is 2.31. The SMILES string of the molecule is CCCCCCCCCCCC/C=C/CCCCCCCCCC(=O)OCC(COCCC(C(=O)O)[N+](C)(C)C)OC(=O)CCCCCCCCCCCCCCCC. The third kappa shape index (κ3) is 41.2. The van der Waals surface area contributed by atoms with Crippen LogP contribution in [0.2, 0.25) is 0 Å². The second kappa shape index (κ2) is 42.7. The number of likely N-dealkylation sites (N-methyl/N-ethyl adjacent to an activating group) is 1. The number of hydrogen-bond donors (Lipinski definition) is 1. The van der Waals surface area contributed by atoms with Crippen LogP contribution in [0.5, 0.6) is 0 Å². The van der Waals surface area contributed by atoms with Crippen LogP contribution in [-0.2, 0) is 28.6 Å². The van der Waals surface area contributed by atoms with Crippen LogP contribution in [0.4, 0.5) is 0 Å². The molecular formula is C51H98NO7+. The molecule has 2 atom stereocenters. The molecule has 0 radical (unpaired) electrons. The van der Waals surface area contributed by atoms with Gasteiger partial charge in [0.2, 0.25) is 0 Å². The predicted octanol–water partition coefficient (Wildman–Crippen LogP) is 14.3. The Morgan fingerprint density at radius 3 is 1.22 bits per heavy atom. The number of hydrogen-bond acceptors (Lipinski definition) is 6. The van der Waals surface area contributed by atoms with Gasteiger partial charge in [0.05, 0.1) is 34.4 Å². The molecule has 0 saturated carbocycles. The number of unbranched alkanes of at least 4 members (excludes halogenated alkanes) is 30. The van der Waals surface area contributed by atoms with Crippen LogP contribution in [0.25, 0.3) is 0 Å². The molecule has 0 bridgehead atoms. The lowest BCUT2D eigenvalue weighted by molar-refractivity contribution is -0.887. The molecule has 0 aromatic carbocycles. The summed E-state index contributed by atoms with van der Waals surface area (Å²) in [5.74, 6) is -1.45. The molecule has 8 heteroatoms. The van der Waals surface area contributed by atoms with Gasteiger partial charge in [-0.05, 0) is 38.5 Å². The van der Waals surface area contributed by atoms with Crippen LogP contribution in [0.15, 0.2) is 12.2 Å². The van der Waals surface area contributed by atoms with Gasteiger partial charge < -0.3 is 23.8 Å². The summed E-state index contributed by atoms with van der Waals surface area (Å²) < 4.78 is 17.3. The van der Waals surface area contributed by atoms with Crippen molar-refractivity contribution in [3.05, 3.63) is 12.2 Å². The van der Waals surface area contributed by atoms with E-state index in [0.717, 1.165) is 38.5 Å². The summed E-state index contributed by atoms with van der Waals surface area (Å²) in [6.07, 6.45) is 46.8. The van der Waals surface area contributed by atoms with Crippen LogP contribution in [0.1, 0.15) is 245 Å². The third-order valence-corrected chi connectivity index (χ3v) is 11.7. The van der Waals surface area contributed by atoms with E-state index in [1.807, 2.05) is 21.1 Å². The molecule has 0 aromatic heterocycles. The number of ether oxygens (including phenoxy) is 3. The van der Waals surface area contributed by atoms with Crippen LogP contribution in [0.3, 0.4) is 0 Å². The minimum Gasteiger partial charge on any atom is -0.477 e. The summed E-state index contributed by atoms with van der Waals surface area (Å²) in [5.41, 5.74) is 0. The zero-order valence-electron chi connectivity index (χ0n) is 39.7. The number of allylic oxidation sites excluding steroid dienone is 2. The lowest BCUT2D eigenvalue weighted by atomic mass is 10.0. The summed E-state index contributed by atoms with van der Waals surface area (Å²) in [6, 6.07) is -0.611. The van der Waals surface area contributed by atoms with Crippen molar-refractivity contribution >= 4 is 17.9 Å². The molecule has 0 rings (SSSR count). The maximum atomic E-state index is 12.7. The van der Waals surface area contributed by atoms with Crippen LogP contribution < -0.4 is 0 Å². The van der Waals surface area contributed by atoms with Gasteiger partial charge in [-0.15, -0.1) is 0 Å². The van der Waals surface area contributed by atoms with Crippen molar-refractivity contribution in [2.24, 2.45) is 0 Å². The van der Waals surface area contributed by atoms with E-state index in [4.69, 9.17) is 14.2 Å². The third-order valence-electron chi connectivity index (χ3n) is 11.7. The monoisotopic (exact) mass is 837 g/mol. The normalized spacial score (nSPS) is 12.9. The van der Waals surface area contributed by atoms with E-state index >= 15 is 0 Å². The summed E-state index contributed by atoms with van der Waals surface area (Å²) >= 11 is 0. The molecule has 59 heavy (non-hydrogen) atoms. The second-order valence-electron chi connectivity index (χ2n) is 18.4. The maximum absolute atomic E-state index is 12.7. The molecule has 0 amide bonds. The molecule has 0 fully saturated rings. The largest absolute Gasteiger partial charge is 0.477 e. The number of carbonyl (C=O) groups excluding carboxylic acids is 2. The van der Waals surface area contributed by atoms with Crippen molar-refractivity contribution in [1.29, 1.82) is 0 Å². The van der Waals surface area contributed by atoms with E-state index < -0.39 is 18.1 Å². The van der Waals surface area contributed by atoms with E-state index in [-0.39, 0.29) is 36.2 Å². The molecule has 0 spiro atoms. The van der Waals surface area contributed by atoms with Crippen molar-refractivity contribution in [2.45, 2.75) is 257 Å². The van der Waals surface area contributed by atoms with E-state index in [1.165, 1.54) is 173 Å². The first-order valence-corrected chi connectivity index (χ1v) is 25.2. The highest BCUT2D eigenvalue weighted by Crippen LogP contribution is 2.16. The highest BCUT2D eigenvalue weighted by atomic mass is 16.6. The standard InChI is InChI=1S/C51H97NO7/c1-6-8-10-12-14-16-18-20-22-23-24-25-26-27-28-30-31-33-35-37-39-41-49(53)58-46-47(45-57-44-43-48(51(55)56)52(3,4)5)59-50(54)42-40-38-36-34-32-29-21-19-17-15-13-11-9-7-2/h25-26,47-48H,6-24,27-46H2,1-5H3/p+1/b26-25+. The van der Waals surface area contributed by atoms with Gasteiger partial charge in [-0.3, -0.25) is 9.59 Å². The molecule has 0 aliphatic rings. The molecular weight excluding hydrogens is 739 g/mol. The molecule has 0 heterocycles. The first-order chi connectivity index (χ1) is 28.6. The molecule has 2 unspecified atom stereocenters. The Morgan fingerprint density at radius 2 is 0.847 bits per heavy atom. The van der Waals surface area contributed by atoms with Gasteiger partial charge in [0.25, 0.3) is 0 Å². The predicted molar refractivity (Wildman–Crippen MR) is 248 cm³/mol.